The van der Waals surface area contributed by atoms with Gasteiger partial charge < -0.3 is 15.2 Å². The van der Waals surface area contributed by atoms with Gasteiger partial charge in [0.25, 0.3) is 0 Å². The van der Waals surface area contributed by atoms with Crippen LogP contribution in [0.4, 0.5) is 0 Å². The molecule has 3 rings (SSSR count). The second kappa shape index (κ2) is 5.02. The molecule has 1 aromatic carbocycles. The van der Waals surface area contributed by atoms with Gasteiger partial charge in [-0.2, -0.15) is 0 Å². The van der Waals surface area contributed by atoms with Crippen molar-refractivity contribution in [1.29, 1.82) is 0 Å². The van der Waals surface area contributed by atoms with E-state index in [2.05, 4.69) is 17.9 Å². The lowest BCUT2D eigenvalue weighted by Crippen LogP contribution is -2.31. The van der Waals surface area contributed by atoms with Crippen LogP contribution >= 0.6 is 0 Å². The van der Waals surface area contributed by atoms with Crippen molar-refractivity contribution in [2.24, 2.45) is 11.1 Å². The van der Waals surface area contributed by atoms with Crippen LogP contribution in [0.15, 0.2) is 18.2 Å². The largest absolute Gasteiger partial charge is 0.486 e. The van der Waals surface area contributed by atoms with Gasteiger partial charge in [0.1, 0.15) is 13.2 Å². The zero-order valence-electron chi connectivity index (χ0n) is 11.5. The van der Waals surface area contributed by atoms with Gasteiger partial charge in [-0.05, 0) is 31.0 Å². The lowest BCUT2D eigenvalue weighted by atomic mass is 9.90. The van der Waals surface area contributed by atoms with E-state index < -0.39 is 0 Å². The fraction of sp³-hybridized carbons (Fsp3) is 0.600. The fourth-order valence-electron chi connectivity index (χ4n) is 2.93. The Kier molecular flexibility index (Phi) is 3.37. The minimum atomic E-state index is 0.270. The van der Waals surface area contributed by atoms with Crippen molar-refractivity contribution in [3.8, 4) is 11.5 Å². The van der Waals surface area contributed by atoms with Crippen molar-refractivity contribution < 1.29 is 9.47 Å². The van der Waals surface area contributed by atoms with Crippen molar-refractivity contribution in [2.45, 2.75) is 19.9 Å². The number of ether oxygens (including phenoxy) is 2. The number of likely N-dealkylation sites (tertiary alicyclic amines) is 1. The quantitative estimate of drug-likeness (QED) is 0.899. The molecule has 1 atom stereocenters. The zero-order valence-corrected chi connectivity index (χ0v) is 11.5. The van der Waals surface area contributed by atoms with E-state index in [1.165, 1.54) is 12.0 Å². The van der Waals surface area contributed by atoms with Crippen molar-refractivity contribution in [2.75, 3.05) is 32.8 Å². The average Bonchev–Trinajstić information content (AvgIpc) is 2.82. The summed E-state index contributed by atoms with van der Waals surface area (Å²) in [5.74, 6) is 1.81. The van der Waals surface area contributed by atoms with E-state index in [1.54, 1.807) is 0 Å². The first-order chi connectivity index (χ1) is 9.20. The minimum absolute atomic E-state index is 0.270. The number of hydrogen-bond acceptors (Lipinski definition) is 4. The van der Waals surface area contributed by atoms with Gasteiger partial charge in [-0.3, -0.25) is 4.90 Å². The Hall–Kier alpha value is -1.26. The Bertz CT molecular complexity index is 463. The summed E-state index contributed by atoms with van der Waals surface area (Å²) in [6.45, 7) is 7.41. The van der Waals surface area contributed by atoms with Gasteiger partial charge in [0.2, 0.25) is 0 Å². The number of fused-ring (bicyclic) bond motifs is 1. The van der Waals surface area contributed by atoms with Crippen molar-refractivity contribution in [3.05, 3.63) is 23.8 Å². The maximum atomic E-state index is 5.86. The predicted molar refractivity (Wildman–Crippen MR) is 74.5 cm³/mol. The van der Waals surface area contributed by atoms with Gasteiger partial charge in [-0.25, -0.2) is 0 Å². The summed E-state index contributed by atoms with van der Waals surface area (Å²) in [6, 6.07) is 6.15. The highest BCUT2D eigenvalue weighted by molar-refractivity contribution is 5.47. The summed E-state index contributed by atoms with van der Waals surface area (Å²) < 4.78 is 11.4. The van der Waals surface area contributed by atoms with Crippen LogP contribution in [0.1, 0.15) is 18.9 Å². The van der Waals surface area contributed by atoms with E-state index in [0.29, 0.717) is 13.2 Å². The smallest absolute Gasteiger partial charge is 0.165 e. The molecule has 2 heterocycles. The Morgan fingerprint density at radius 2 is 2.16 bits per heavy atom. The van der Waals surface area contributed by atoms with Crippen LogP contribution < -0.4 is 15.2 Å². The van der Waals surface area contributed by atoms with Gasteiger partial charge in [0.05, 0.1) is 0 Å². The molecule has 0 saturated carbocycles. The molecular formula is C15H22N2O2. The van der Waals surface area contributed by atoms with Gasteiger partial charge >= 0.3 is 0 Å². The highest BCUT2D eigenvalue weighted by Gasteiger charge is 2.32. The molecule has 2 aliphatic rings. The molecule has 0 aliphatic carbocycles. The lowest BCUT2D eigenvalue weighted by molar-refractivity contribution is 0.167. The van der Waals surface area contributed by atoms with Crippen LogP contribution in [0.5, 0.6) is 11.5 Å². The number of benzene rings is 1. The highest BCUT2D eigenvalue weighted by Crippen LogP contribution is 2.36. The molecule has 1 aromatic rings. The fourth-order valence-corrected chi connectivity index (χ4v) is 2.93. The third-order valence-electron chi connectivity index (χ3n) is 4.17. The van der Waals surface area contributed by atoms with E-state index in [-0.39, 0.29) is 5.41 Å². The van der Waals surface area contributed by atoms with Crippen LogP contribution in [0.2, 0.25) is 0 Å². The van der Waals surface area contributed by atoms with E-state index in [0.717, 1.165) is 37.7 Å². The first kappa shape index (κ1) is 12.8. The maximum Gasteiger partial charge on any atom is 0.165 e. The van der Waals surface area contributed by atoms with Crippen LogP contribution in [0, 0.1) is 5.41 Å². The molecule has 0 bridgehead atoms. The summed E-state index contributed by atoms with van der Waals surface area (Å²) in [5.41, 5.74) is 7.35. The van der Waals surface area contributed by atoms with Crippen molar-refractivity contribution >= 4 is 0 Å². The van der Waals surface area contributed by atoms with E-state index >= 15 is 0 Å². The Balaban J connectivity index is 1.74. The maximum absolute atomic E-state index is 5.86. The molecule has 0 spiro atoms. The van der Waals surface area contributed by atoms with Gasteiger partial charge in [-0.1, -0.05) is 19.1 Å². The summed E-state index contributed by atoms with van der Waals surface area (Å²) in [7, 11) is 0. The topological polar surface area (TPSA) is 47.7 Å². The standard InChI is InChI=1S/C15H22N2O2/c1-15(10-16)5-6-17(11-15)9-12-3-2-4-13-14(12)19-8-7-18-13/h2-4H,5-11,16H2,1H3. The number of nitrogens with two attached hydrogens (primary N) is 1. The molecule has 0 radical (unpaired) electrons. The SMILES string of the molecule is CC1(CN)CCN(Cc2cccc3c2OCCO3)C1. The number of para-hydroxylation sites is 1. The average molecular weight is 262 g/mol. The van der Waals surface area contributed by atoms with Gasteiger partial charge in [0, 0.05) is 18.7 Å². The summed E-state index contributed by atoms with van der Waals surface area (Å²) in [5, 5.41) is 0. The number of rotatable bonds is 3. The second-order valence-corrected chi connectivity index (χ2v) is 5.92. The van der Waals surface area contributed by atoms with Crippen molar-refractivity contribution in [1.82, 2.24) is 4.90 Å². The molecule has 0 amide bonds. The third kappa shape index (κ3) is 2.55. The Labute approximate surface area is 114 Å². The van der Waals surface area contributed by atoms with E-state index in [4.69, 9.17) is 15.2 Å². The van der Waals surface area contributed by atoms with E-state index in [9.17, 15) is 0 Å². The molecule has 4 heteroatoms. The molecular weight excluding hydrogens is 240 g/mol. The second-order valence-electron chi connectivity index (χ2n) is 5.92. The molecule has 1 unspecified atom stereocenters. The van der Waals surface area contributed by atoms with Crippen LogP contribution in [0.3, 0.4) is 0 Å². The minimum Gasteiger partial charge on any atom is -0.486 e. The first-order valence-corrected chi connectivity index (χ1v) is 7.00. The summed E-state index contributed by atoms with van der Waals surface area (Å²) in [4.78, 5) is 2.46. The van der Waals surface area contributed by atoms with Crippen LogP contribution in [0.25, 0.3) is 0 Å². The van der Waals surface area contributed by atoms with Crippen LogP contribution in [-0.2, 0) is 6.54 Å². The summed E-state index contributed by atoms with van der Waals surface area (Å²) >= 11 is 0. The van der Waals surface area contributed by atoms with Gasteiger partial charge in [-0.15, -0.1) is 0 Å². The zero-order chi connectivity index (χ0) is 13.3. The highest BCUT2D eigenvalue weighted by atomic mass is 16.6. The molecule has 0 aromatic heterocycles. The van der Waals surface area contributed by atoms with E-state index in [1.807, 2.05) is 12.1 Å². The molecule has 4 nitrogen and oxygen atoms in total. The monoisotopic (exact) mass is 262 g/mol. The first-order valence-electron chi connectivity index (χ1n) is 7.00. The number of nitrogens with zero attached hydrogens (tertiary/aromatic N) is 1. The summed E-state index contributed by atoms with van der Waals surface area (Å²) in [6.07, 6.45) is 1.18. The molecule has 1 saturated heterocycles. The Morgan fingerprint density at radius 3 is 2.95 bits per heavy atom. The van der Waals surface area contributed by atoms with Crippen molar-refractivity contribution in [3.63, 3.8) is 0 Å². The normalized spacial score (nSPS) is 26.6. The molecule has 1 fully saturated rings. The third-order valence-corrected chi connectivity index (χ3v) is 4.17. The van der Waals surface area contributed by atoms with Gasteiger partial charge in [0.15, 0.2) is 11.5 Å². The lowest BCUT2D eigenvalue weighted by Gasteiger charge is -2.25. The van der Waals surface area contributed by atoms with Crippen LogP contribution in [-0.4, -0.2) is 37.7 Å². The Morgan fingerprint density at radius 1 is 1.32 bits per heavy atom. The molecule has 104 valence electrons. The number of hydrogen-bond donors (Lipinski definition) is 1. The molecule has 2 aliphatic heterocycles. The molecule has 19 heavy (non-hydrogen) atoms. The molecule has 2 N–H and O–H groups in total. The predicted octanol–water partition coefficient (Wildman–Crippen LogP) is 1.63.